The Morgan fingerprint density at radius 2 is 2.07 bits per heavy atom. The van der Waals surface area contributed by atoms with Crippen LogP contribution in [0.2, 0.25) is 0 Å². The lowest BCUT2D eigenvalue weighted by Crippen LogP contribution is -2.39. The number of carbonyl (C=O) groups excluding carboxylic acids is 1. The summed E-state index contributed by atoms with van der Waals surface area (Å²) in [6.07, 6.45) is 3.09. The molecule has 0 fully saturated rings. The molecule has 0 aromatic carbocycles. The summed E-state index contributed by atoms with van der Waals surface area (Å²) in [5, 5.41) is 3.23. The van der Waals surface area contributed by atoms with Crippen molar-refractivity contribution in [2.75, 3.05) is 13.7 Å². The molecule has 0 aliphatic rings. The summed E-state index contributed by atoms with van der Waals surface area (Å²) in [6, 6.07) is -0.133. The number of hydrogen-bond donors (Lipinski definition) is 1. The number of methoxy groups -OCH3 is 1. The third kappa shape index (κ3) is 5.97. The first-order valence-electron chi connectivity index (χ1n) is 5.43. The molecule has 84 valence electrons. The summed E-state index contributed by atoms with van der Waals surface area (Å²) in [7, 11) is 1.44. The summed E-state index contributed by atoms with van der Waals surface area (Å²) < 4.78 is 4.74. The summed E-state index contributed by atoms with van der Waals surface area (Å²) in [5.41, 5.74) is 0. The summed E-state index contributed by atoms with van der Waals surface area (Å²) in [4.78, 5) is 11.4. The second-order valence-electron chi connectivity index (χ2n) is 4.01. The molecule has 0 saturated heterocycles. The molecule has 3 heteroatoms. The molecule has 0 aliphatic heterocycles. The zero-order valence-corrected chi connectivity index (χ0v) is 9.80. The second-order valence-corrected chi connectivity index (χ2v) is 4.01. The number of unbranched alkanes of at least 4 members (excludes halogenated alkanes) is 1. The van der Waals surface area contributed by atoms with Crippen molar-refractivity contribution in [3.63, 3.8) is 0 Å². The number of esters is 1. The smallest absolute Gasteiger partial charge is 0.322 e. The maximum absolute atomic E-state index is 11.4. The Bertz CT molecular complexity index is 157. The van der Waals surface area contributed by atoms with Crippen molar-refractivity contribution in [3.05, 3.63) is 0 Å². The fraction of sp³-hybridized carbons (Fsp3) is 0.909. The van der Waals surface area contributed by atoms with Gasteiger partial charge in [-0.1, -0.05) is 27.2 Å². The predicted molar refractivity (Wildman–Crippen MR) is 58.2 cm³/mol. The monoisotopic (exact) mass is 201 g/mol. The Labute approximate surface area is 87.2 Å². The second kappa shape index (κ2) is 7.80. The van der Waals surface area contributed by atoms with Gasteiger partial charge in [-0.2, -0.15) is 0 Å². The van der Waals surface area contributed by atoms with E-state index in [0.717, 1.165) is 25.8 Å². The van der Waals surface area contributed by atoms with Gasteiger partial charge in [0.05, 0.1) is 7.11 Å². The fourth-order valence-corrected chi connectivity index (χ4v) is 1.33. The average Bonchev–Trinajstić information content (AvgIpc) is 2.15. The Hall–Kier alpha value is -0.570. The standard InChI is InChI=1S/C11H23NO2/c1-5-6-7-12-10(8-9(2)3)11(13)14-4/h9-10,12H,5-8H2,1-4H3/t10-/m0/s1. The van der Waals surface area contributed by atoms with Crippen molar-refractivity contribution in [2.45, 2.75) is 46.1 Å². The Morgan fingerprint density at radius 3 is 2.50 bits per heavy atom. The topological polar surface area (TPSA) is 38.3 Å². The van der Waals surface area contributed by atoms with E-state index in [-0.39, 0.29) is 12.0 Å². The molecule has 0 heterocycles. The van der Waals surface area contributed by atoms with Crippen LogP contribution in [-0.4, -0.2) is 25.7 Å². The van der Waals surface area contributed by atoms with Crippen LogP contribution in [0.25, 0.3) is 0 Å². The minimum atomic E-state index is -0.144. The van der Waals surface area contributed by atoms with Crippen LogP contribution in [0.1, 0.15) is 40.0 Å². The van der Waals surface area contributed by atoms with Crippen LogP contribution in [0.4, 0.5) is 0 Å². The summed E-state index contributed by atoms with van der Waals surface area (Å²) in [5.74, 6) is 0.364. The van der Waals surface area contributed by atoms with Crippen LogP contribution < -0.4 is 5.32 Å². The Kier molecular flexibility index (Phi) is 7.48. The predicted octanol–water partition coefficient (Wildman–Crippen LogP) is 1.96. The first-order valence-corrected chi connectivity index (χ1v) is 5.43. The normalized spacial score (nSPS) is 12.9. The lowest BCUT2D eigenvalue weighted by Gasteiger charge is -2.17. The third-order valence-electron chi connectivity index (χ3n) is 2.11. The average molecular weight is 201 g/mol. The maximum atomic E-state index is 11.4. The van der Waals surface area contributed by atoms with E-state index in [0.29, 0.717) is 5.92 Å². The van der Waals surface area contributed by atoms with Crippen molar-refractivity contribution < 1.29 is 9.53 Å². The van der Waals surface area contributed by atoms with Crippen molar-refractivity contribution in [3.8, 4) is 0 Å². The van der Waals surface area contributed by atoms with Gasteiger partial charge in [0.25, 0.3) is 0 Å². The molecule has 0 radical (unpaired) electrons. The van der Waals surface area contributed by atoms with E-state index in [2.05, 4.69) is 26.1 Å². The third-order valence-corrected chi connectivity index (χ3v) is 2.11. The van der Waals surface area contributed by atoms with Gasteiger partial charge in [0, 0.05) is 0 Å². The molecule has 0 rings (SSSR count). The van der Waals surface area contributed by atoms with Gasteiger partial charge in [0.15, 0.2) is 0 Å². The van der Waals surface area contributed by atoms with Crippen LogP contribution in [0.15, 0.2) is 0 Å². The van der Waals surface area contributed by atoms with E-state index in [9.17, 15) is 4.79 Å². The molecule has 3 nitrogen and oxygen atoms in total. The first kappa shape index (κ1) is 13.4. The van der Waals surface area contributed by atoms with E-state index in [1.165, 1.54) is 7.11 Å². The van der Waals surface area contributed by atoms with E-state index < -0.39 is 0 Å². The van der Waals surface area contributed by atoms with Crippen LogP contribution >= 0.6 is 0 Å². The van der Waals surface area contributed by atoms with Gasteiger partial charge in [-0.15, -0.1) is 0 Å². The molecule has 0 saturated carbocycles. The fourth-order valence-electron chi connectivity index (χ4n) is 1.33. The lowest BCUT2D eigenvalue weighted by atomic mass is 10.0. The van der Waals surface area contributed by atoms with Gasteiger partial charge in [0.2, 0.25) is 0 Å². The largest absolute Gasteiger partial charge is 0.468 e. The van der Waals surface area contributed by atoms with Gasteiger partial charge < -0.3 is 10.1 Å². The number of nitrogens with one attached hydrogen (secondary N) is 1. The molecule has 0 aromatic rings. The zero-order valence-electron chi connectivity index (χ0n) is 9.80. The molecular weight excluding hydrogens is 178 g/mol. The summed E-state index contributed by atoms with van der Waals surface area (Å²) in [6.45, 7) is 7.25. The molecule has 0 amide bonds. The maximum Gasteiger partial charge on any atom is 0.322 e. The van der Waals surface area contributed by atoms with E-state index in [4.69, 9.17) is 4.74 Å². The van der Waals surface area contributed by atoms with Crippen LogP contribution in [0.3, 0.4) is 0 Å². The SMILES string of the molecule is CCCCN[C@@H](CC(C)C)C(=O)OC. The Balaban J connectivity index is 3.91. The summed E-state index contributed by atoms with van der Waals surface area (Å²) >= 11 is 0. The van der Waals surface area contributed by atoms with Crippen LogP contribution in [-0.2, 0) is 9.53 Å². The van der Waals surface area contributed by atoms with E-state index >= 15 is 0 Å². The van der Waals surface area contributed by atoms with E-state index in [1.54, 1.807) is 0 Å². The van der Waals surface area contributed by atoms with Gasteiger partial charge >= 0.3 is 5.97 Å². The van der Waals surface area contributed by atoms with Crippen molar-refractivity contribution in [1.29, 1.82) is 0 Å². The Morgan fingerprint density at radius 1 is 1.43 bits per heavy atom. The van der Waals surface area contributed by atoms with Gasteiger partial charge in [0.1, 0.15) is 6.04 Å². The molecule has 1 atom stereocenters. The minimum Gasteiger partial charge on any atom is -0.468 e. The van der Waals surface area contributed by atoms with Crippen LogP contribution in [0.5, 0.6) is 0 Å². The molecule has 0 aliphatic carbocycles. The number of ether oxygens (including phenoxy) is 1. The van der Waals surface area contributed by atoms with Crippen molar-refractivity contribution in [1.82, 2.24) is 5.32 Å². The molecule has 14 heavy (non-hydrogen) atoms. The molecule has 0 aromatic heterocycles. The molecule has 0 spiro atoms. The van der Waals surface area contributed by atoms with Crippen molar-refractivity contribution in [2.24, 2.45) is 5.92 Å². The van der Waals surface area contributed by atoms with Crippen molar-refractivity contribution >= 4 is 5.97 Å². The van der Waals surface area contributed by atoms with Gasteiger partial charge in [-0.05, 0) is 25.3 Å². The number of carbonyl (C=O) groups is 1. The molecule has 1 N–H and O–H groups in total. The first-order chi connectivity index (χ1) is 6.61. The highest BCUT2D eigenvalue weighted by Crippen LogP contribution is 2.06. The molecule has 0 bridgehead atoms. The van der Waals surface area contributed by atoms with Crippen LogP contribution in [0, 0.1) is 5.92 Å². The quantitative estimate of drug-likeness (QED) is 0.505. The molecular formula is C11H23NO2. The van der Waals surface area contributed by atoms with Gasteiger partial charge in [-0.25, -0.2) is 0 Å². The highest BCUT2D eigenvalue weighted by Gasteiger charge is 2.18. The highest BCUT2D eigenvalue weighted by atomic mass is 16.5. The van der Waals surface area contributed by atoms with Gasteiger partial charge in [-0.3, -0.25) is 4.79 Å². The number of hydrogen-bond acceptors (Lipinski definition) is 3. The minimum absolute atomic E-state index is 0.133. The highest BCUT2D eigenvalue weighted by molar-refractivity contribution is 5.75. The zero-order chi connectivity index (χ0) is 11.0. The lowest BCUT2D eigenvalue weighted by molar-refractivity contribution is -0.143. The van der Waals surface area contributed by atoms with E-state index in [1.807, 2.05) is 0 Å². The number of rotatable bonds is 7. The molecule has 0 unspecified atom stereocenters.